The molecule has 1 aromatic carbocycles. The summed E-state index contributed by atoms with van der Waals surface area (Å²) < 4.78 is 5.16. The lowest BCUT2D eigenvalue weighted by Crippen LogP contribution is -2.33. The molecule has 3 heteroatoms. The van der Waals surface area contributed by atoms with Crippen LogP contribution in [0.5, 0.6) is 11.5 Å². The second-order valence-corrected chi connectivity index (χ2v) is 5.51. The van der Waals surface area contributed by atoms with Gasteiger partial charge in [-0.3, -0.25) is 4.90 Å². The third-order valence-electron chi connectivity index (χ3n) is 4.05. The van der Waals surface area contributed by atoms with E-state index in [4.69, 9.17) is 4.74 Å². The van der Waals surface area contributed by atoms with Crippen LogP contribution < -0.4 is 4.74 Å². The molecule has 0 saturated carbocycles. The van der Waals surface area contributed by atoms with Gasteiger partial charge < -0.3 is 9.84 Å². The second-order valence-electron chi connectivity index (χ2n) is 5.51. The molecule has 0 bridgehead atoms. The maximum atomic E-state index is 9.60. The smallest absolute Gasteiger partial charge is 0.160 e. The van der Waals surface area contributed by atoms with Crippen LogP contribution in [0.1, 0.15) is 38.2 Å². The molecule has 0 aliphatic carbocycles. The Kier molecular flexibility index (Phi) is 5.08. The first-order chi connectivity index (χ1) is 9.22. The summed E-state index contributed by atoms with van der Waals surface area (Å²) in [7, 11) is 1.59. The van der Waals surface area contributed by atoms with E-state index in [0.29, 0.717) is 5.75 Å². The summed E-state index contributed by atoms with van der Waals surface area (Å²) in [5.41, 5.74) is 1.21. The molecule has 0 radical (unpaired) electrons. The van der Waals surface area contributed by atoms with Gasteiger partial charge in [-0.15, -0.1) is 0 Å². The summed E-state index contributed by atoms with van der Waals surface area (Å²) in [6, 6.07) is 5.64. The number of phenols is 1. The zero-order valence-electron chi connectivity index (χ0n) is 12.1. The fourth-order valence-electron chi connectivity index (χ4n) is 2.92. The van der Waals surface area contributed by atoms with Gasteiger partial charge in [0.1, 0.15) is 0 Å². The second kappa shape index (κ2) is 6.80. The highest BCUT2D eigenvalue weighted by molar-refractivity contribution is 5.41. The minimum Gasteiger partial charge on any atom is -0.504 e. The van der Waals surface area contributed by atoms with Crippen molar-refractivity contribution in [3.63, 3.8) is 0 Å². The number of benzene rings is 1. The normalized spacial score (nSPS) is 17.6. The van der Waals surface area contributed by atoms with Gasteiger partial charge in [-0.05, 0) is 49.5 Å². The van der Waals surface area contributed by atoms with Crippen LogP contribution in [-0.2, 0) is 6.54 Å². The van der Waals surface area contributed by atoms with Crippen molar-refractivity contribution in [3.8, 4) is 11.5 Å². The van der Waals surface area contributed by atoms with Crippen molar-refractivity contribution in [1.29, 1.82) is 0 Å². The Hall–Kier alpha value is -1.22. The van der Waals surface area contributed by atoms with Gasteiger partial charge in [0.2, 0.25) is 0 Å². The van der Waals surface area contributed by atoms with Crippen LogP contribution in [0.3, 0.4) is 0 Å². The standard InChI is InChI=1S/C16H25NO2/c1-3-4-13-7-9-17(10-8-13)12-14-5-6-15(18)16(11-14)19-2/h5-6,11,13,18H,3-4,7-10,12H2,1-2H3. The van der Waals surface area contributed by atoms with E-state index in [2.05, 4.69) is 11.8 Å². The van der Waals surface area contributed by atoms with Crippen molar-refractivity contribution in [2.24, 2.45) is 5.92 Å². The molecule has 1 fully saturated rings. The van der Waals surface area contributed by atoms with Gasteiger partial charge in [-0.2, -0.15) is 0 Å². The summed E-state index contributed by atoms with van der Waals surface area (Å²) in [5, 5.41) is 9.60. The van der Waals surface area contributed by atoms with E-state index in [1.807, 2.05) is 12.1 Å². The highest BCUT2D eigenvalue weighted by atomic mass is 16.5. The molecule has 1 aromatic rings. The zero-order chi connectivity index (χ0) is 13.7. The molecule has 3 nitrogen and oxygen atoms in total. The fourth-order valence-corrected chi connectivity index (χ4v) is 2.92. The van der Waals surface area contributed by atoms with E-state index in [9.17, 15) is 5.11 Å². The van der Waals surface area contributed by atoms with Crippen LogP contribution in [-0.4, -0.2) is 30.2 Å². The van der Waals surface area contributed by atoms with E-state index in [1.165, 1.54) is 44.3 Å². The third kappa shape index (κ3) is 3.87. The molecule has 0 spiro atoms. The topological polar surface area (TPSA) is 32.7 Å². The predicted octanol–water partition coefficient (Wildman–Crippen LogP) is 3.41. The molecule has 1 N–H and O–H groups in total. The SMILES string of the molecule is CCCC1CCN(Cc2ccc(O)c(OC)c2)CC1. The minimum atomic E-state index is 0.216. The molecule has 1 aliphatic rings. The Morgan fingerprint density at radius 3 is 2.68 bits per heavy atom. The highest BCUT2D eigenvalue weighted by Crippen LogP contribution is 2.28. The maximum Gasteiger partial charge on any atom is 0.160 e. The highest BCUT2D eigenvalue weighted by Gasteiger charge is 2.18. The molecule has 0 unspecified atom stereocenters. The van der Waals surface area contributed by atoms with Crippen molar-refractivity contribution in [1.82, 2.24) is 4.90 Å². The summed E-state index contributed by atoms with van der Waals surface area (Å²) in [5.74, 6) is 1.71. The average molecular weight is 263 g/mol. The summed E-state index contributed by atoms with van der Waals surface area (Å²) >= 11 is 0. The summed E-state index contributed by atoms with van der Waals surface area (Å²) in [4.78, 5) is 2.50. The number of rotatable bonds is 5. The molecule has 0 atom stereocenters. The number of phenolic OH excluding ortho intramolecular Hbond substituents is 1. The van der Waals surface area contributed by atoms with Crippen molar-refractivity contribution in [2.75, 3.05) is 20.2 Å². The van der Waals surface area contributed by atoms with Gasteiger partial charge in [0.25, 0.3) is 0 Å². The Balaban J connectivity index is 1.88. The van der Waals surface area contributed by atoms with E-state index in [-0.39, 0.29) is 5.75 Å². The van der Waals surface area contributed by atoms with E-state index in [0.717, 1.165) is 12.5 Å². The maximum absolute atomic E-state index is 9.60. The van der Waals surface area contributed by atoms with E-state index < -0.39 is 0 Å². The lowest BCUT2D eigenvalue weighted by Gasteiger charge is -2.31. The lowest BCUT2D eigenvalue weighted by molar-refractivity contribution is 0.171. The number of methoxy groups -OCH3 is 1. The van der Waals surface area contributed by atoms with Crippen LogP contribution in [0, 0.1) is 5.92 Å². The van der Waals surface area contributed by atoms with Crippen molar-refractivity contribution < 1.29 is 9.84 Å². The van der Waals surface area contributed by atoms with Gasteiger partial charge in [-0.1, -0.05) is 25.8 Å². The van der Waals surface area contributed by atoms with E-state index >= 15 is 0 Å². The quantitative estimate of drug-likeness (QED) is 0.883. The molecule has 106 valence electrons. The van der Waals surface area contributed by atoms with E-state index in [1.54, 1.807) is 13.2 Å². The number of hydrogen-bond acceptors (Lipinski definition) is 3. The van der Waals surface area contributed by atoms with Crippen LogP contribution in [0.25, 0.3) is 0 Å². The number of likely N-dealkylation sites (tertiary alicyclic amines) is 1. The number of hydrogen-bond donors (Lipinski definition) is 1. The molecular formula is C16H25NO2. The predicted molar refractivity (Wildman–Crippen MR) is 77.6 cm³/mol. The molecule has 0 aromatic heterocycles. The lowest BCUT2D eigenvalue weighted by atomic mass is 9.92. The molecular weight excluding hydrogens is 238 g/mol. The monoisotopic (exact) mass is 263 g/mol. The third-order valence-corrected chi connectivity index (χ3v) is 4.05. The van der Waals surface area contributed by atoms with Gasteiger partial charge in [0.05, 0.1) is 7.11 Å². The van der Waals surface area contributed by atoms with Crippen LogP contribution >= 0.6 is 0 Å². The molecule has 1 heterocycles. The molecule has 19 heavy (non-hydrogen) atoms. The van der Waals surface area contributed by atoms with Crippen LogP contribution in [0.4, 0.5) is 0 Å². The molecule has 2 rings (SSSR count). The Labute approximate surface area is 116 Å². The van der Waals surface area contributed by atoms with Gasteiger partial charge >= 0.3 is 0 Å². The largest absolute Gasteiger partial charge is 0.504 e. The zero-order valence-corrected chi connectivity index (χ0v) is 12.1. The average Bonchev–Trinajstić information content (AvgIpc) is 2.43. The summed E-state index contributed by atoms with van der Waals surface area (Å²) in [6.45, 7) is 5.60. The number of aromatic hydroxyl groups is 1. The molecule has 1 aliphatic heterocycles. The molecule has 0 amide bonds. The van der Waals surface area contributed by atoms with Crippen LogP contribution in [0.2, 0.25) is 0 Å². The number of piperidine rings is 1. The van der Waals surface area contributed by atoms with Crippen LogP contribution in [0.15, 0.2) is 18.2 Å². The first kappa shape index (κ1) is 14.2. The van der Waals surface area contributed by atoms with Crippen molar-refractivity contribution in [3.05, 3.63) is 23.8 Å². The van der Waals surface area contributed by atoms with Gasteiger partial charge in [0, 0.05) is 6.54 Å². The Morgan fingerprint density at radius 2 is 2.05 bits per heavy atom. The number of nitrogens with zero attached hydrogens (tertiary/aromatic N) is 1. The Morgan fingerprint density at radius 1 is 1.32 bits per heavy atom. The number of ether oxygens (including phenoxy) is 1. The Bertz CT molecular complexity index is 398. The van der Waals surface area contributed by atoms with Gasteiger partial charge in [0.15, 0.2) is 11.5 Å². The summed E-state index contributed by atoms with van der Waals surface area (Å²) in [6.07, 6.45) is 5.33. The van der Waals surface area contributed by atoms with Crippen molar-refractivity contribution in [2.45, 2.75) is 39.2 Å². The molecule has 1 saturated heterocycles. The fraction of sp³-hybridized carbons (Fsp3) is 0.625. The first-order valence-corrected chi connectivity index (χ1v) is 7.31. The van der Waals surface area contributed by atoms with Gasteiger partial charge in [-0.25, -0.2) is 0 Å². The minimum absolute atomic E-state index is 0.216. The first-order valence-electron chi connectivity index (χ1n) is 7.31. The van der Waals surface area contributed by atoms with Crippen molar-refractivity contribution >= 4 is 0 Å².